The third-order valence-electron chi connectivity index (χ3n) is 5.12. The van der Waals surface area contributed by atoms with Gasteiger partial charge in [0.1, 0.15) is 0 Å². The molecule has 1 aromatic carbocycles. The smallest absolute Gasteiger partial charge is 0.312 e. The Kier molecular flexibility index (Phi) is 4.72. The minimum Gasteiger partial charge on any atom is -0.481 e. The molecule has 0 bridgehead atoms. The zero-order valence-electron chi connectivity index (χ0n) is 14.2. The van der Waals surface area contributed by atoms with E-state index in [1.165, 1.54) is 0 Å². The lowest BCUT2D eigenvalue weighted by Crippen LogP contribution is -2.56. The number of fused-ring (bicyclic) bond motifs is 1. The zero-order chi connectivity index (χ0) is 18.0. The Labute approximate surface area is 146 Å². The summed E-state index contributed by atoms with van der Waals surface area (Å²) in [7, 11) is 0. The van der Waals surface area contributed by atoms with Crippen molar-refractivity contribution in [2.24, 2.45) is 5.41 Å². The second kappa shape index (κ2) is 6.80. The largest absolute Gasteiger partial charge is 0.481 e. The van der Waals surface area contributed by atoms with Gasteiger partial charge in [0.2, 0.25) is 0 Å². The zero-order valence-corrected chi connectivity index (χ0v) is 14.2. The van der Waals surface area contributed by atoms with Crippen molar-refractivity contribution in [2.45, 2.75) is 32.3 Å². The average molecular weight is 342 g/mol. The number of nitrogens with zero attached hydrogens (tertiary/aromatic N) is 2. The first-order valence-electron chi connectivity index (χ1n) is 8.53. The topological polar surface area (TPSA) is 90.7 Å². The number of likely N-dealkylation sites (tertiary alicyclic amines) is 1. The average Bonchev–Trinajstić information content (AvgIpc) is 2.62. The Morgan fingerprint density at radius 1 is 1.36 bits per heavy atom. The van der Waals surface area contributed by atoms with E-state index in [4.69, 9.17) is 0 Å². The van der Waals surface area contributed by atoms with Crippen LogP contribution >= 0.6 is 0 Å². The lowest BCUT2D eigenvalue weighted by atomic mass is 9.72. The summed E-state index contributed by atoms with van der Waals surface area (Å²) in [4.78, 5) is 30.2. The van der Waals surface area contributed by atoms with Crippen LogP contribution in [0.25, 0.3) is 10.9 Å². The van der Waals surface area contributed by atoms with Gasteiger partial charge in [0, 0.05) is 30.2 Å². The van der Waals surface area contributed by atoms with Crippen LogP contribution in [0.2, 0.25) is 0 Å². The second-order valence-corrected chi connectivity index (χ2v) is 6.64. The summed E-state index contributed by atoms with van der Waals surface area (Å²) in [5.74, 6) is -1.17. The first kappa shape index (κ1) is 17.4. The molecule has 0 unspecified atom stereocenters. The summed E-state index contributed by atoms with van der Waals surface area (Å²) in [6.07, 6.45) is 1.98. The number of aromatic nitrogens is 1. The molecule has 2 heterocycles. The minimum absolute atomic E-state index is 0.0379. The van der Waals surface area contributed by atoms with E-state index in [2.05, 4.69) is 4.98 Å². The van der Waals surface area contributed by atoms with E-state index in [9.17, 15) is 19.8 Å². The van der Waals surface area contributed by atoms with Crippen molar-refractivity contribution in [3.05, 3.63) is 42.1 Å². The number of amides is 1. The van der Waals surface area contributed by atoms with Crippen molar-refractivity contribution in [1.82, 2.24) is 9.88 Å². The summed E-state index contributed by atoms with van der Waals surface area (Å²) in [6.45, 7) is 2.27. The lowest BCUT2D eigenvalue weighted by Gasteiger charge is -2.42. The molecular weight excluding hydrogens is 320 g/mol. The number of carboxylic acid groups (broad SMARTS) is 1. The van der Waals surface area contributed by atoms with Crippen LogP contribution in [0.3, 0.4) is 0 Å². The van der Waals surface area contributed by atoms with Crippen molar-refractivity contribution in [3.8, 4) is 0 Å². The van der Waals surface area contributed by atoms with Crippen LogP contribution in [-0.4, -0.2) is 51.2 Å². The van der Waals surface area contributed by atoms with Gasteiger partial charge in [-0.15, -0.1) is 0 Å². The fourth-order valence-electron chi connectivity index (χ4n) is 3.65. The number of rotatable bonds is 4. The van der Waals surface area contributed by atoms with Gasteiger partial charge in [0.15, 0.2) is 0 Å². The summed E-state index contributed by atoms with van der Waals surface area (Å²) in [5.41, 5.74) is 0.176. The molecule has 0 radical (unpaired) electrons. The van der Waals surface area contributed by atoms with Crippen LogP contribution in [0.5, 0.6) is 0 Å². The molecule has 0 saturated carbocycles. The minimum atomic E-state index is -1.15. The van der Waals surface area contributed by atoms with E-state index < -0.39 is 17.5 Å². The fourth-order valence-corrected chi connectivity index (χ4v) is 3.65. The van der Waals surface area contributed by atoms with E-state index in [0.717, 1.165) is 10.9 Å². The molecule has 0 aliphatic carbocycles. The molecule has 1 fully saturated rings. The highest BCUT2D eigenvalue weighted by Gasteiger charge is 2.48. The van der Waals surface area contributed by atoms with Gasteiger partial charge in [-0.3, -0.25) is 14.6 Å². The normalized spacial score (nSPS) is 23.6. The van der Waals surface area contributed by atoms with Crippen molar-refractivity contribution < 1.29 is 19.8 Å². The van der Waals surface area contributed by atoms with Gasteiger partial charge in [-0.2, -0.15) is 0 Å². The molecule has 132 valence electrons. The van der Waals surface area contributed by atoms with E-state index in [-0.39, 0.29) is 18.9 Å². The number of hydrogen-bond donors (Lipinski definition) is 2. The number of pyridine rings is 1. The standard InChI is InChI=1S/C19H22N2O4/c1-2-7-19(18(24)25)8-10-21(12-16(19)22)17(23)14-5-6-15-13(11-14)4-3-9-20-15/h3-6,9,11,16,22H,2,7-8,10,12H2,1H3,(H,24,25)/t16-,19+/m1/s1. The number of benzene rings is 1. The van der Waals surface area contributed by atoms with Gasteiger partial charge < -0.3 is 15.1 Å². The fraction of sp³-hybridized carbons (Fsp3) is 0.421. The molecule has 1 amide bonds. The van der Waals surface area contributed by atoms with Crippen molar-refractivity contribution in [3.63, 3.8) is 0 Å². The van der Waals surface area contributed by atoms with Crippen molar-refractivity contribution >= 4 is 22.8 Å². The second-order valence-electron chi connectivity index (χ2n) is 6.64. The van der Waals surface area contributed by atoms with Crippen LogP contribution in [0.15, 0.2) is 36.5 Å². The van der Waals surface area contributed by atoms with Gasteiger partial charge in [-0.25, -0.2) is 0 Å². The highest BCUT2D eigenvalue weighted by molar-refractivity contribution is 5.98. The van der Waals surface area contributed by atoms with Gasteiger partial charge >= 0.3 is 5.97 Å². The van der Waals surface area contributed by atoms with E-state index in [1.807, 2.05) is 19.1 Å². The Morgan fingerprint density at radius 2 is 2.16 bits per heavy atom. The monoisotopic (exact) mass is 342 g/mol. The van der Waals surface area contributed by atoms with Crippen LogP contribution < -0.4 is 0 Å². The van der Waals surface area contributed by atoms with Gasteiger partial charge in [0.05, 0.1) is 17.0 Å². The van der Waals surface area contributed by atoms with Crippen molar-refractivity contribution in [2.75, 3.05) is 13.1 Å². The summed E-state index contributed by atoms with van der Waals surface area (Å²) in [5, 5.41) is 20.9. The molecule has 2 aromatic rings. The van der Waals surface area contributed by atoms with E-state index >= 15 is 0 Å². The lowest BCUT2D eigenvalue weighted by molar-refractivity contribution is -0.162. The maximum Gasteiger partial charge on any atom is 0.312 e. The molecule has 1 aliphatic rings. The van der Waals surface area contributed by atoms with Crippen LogP contribution in [0, 0.1) is 5.41 Å². The van der Waals surface area contributed by atoms with Crippen LogP contribution in [0.1, 0.15) is 36.5 Å². The Hall–Kier alpha value is -2.47. The highest BCUT2D eigenvalue weighted by Crippen LogP contribution is 2.37. The predicted octanol–water partition coefficient (Wildman–Crippen LogP) is 2.31. The molecule has 1 saturated heterocycles. The van der Waals surface area contributed by atoms with Gasteiger partial charge in [-0.1, -0.05) is 19.4 Å². The maximum atomic E-state index is 12.8. The first-order valence-corrected chi connectivity index (χ1v) is 8.53. The molecule has 0 spiro atoms. The quantitative estimate of drug-likeness (QED) is 0.890. The number of carboxylic acids is 1. The third-order valence-corrected chi connectivity index (χ3v) is 5.12. The SMILES string of the molecule is CCC[C@]1(C(=O)O)CCN(C(=O)c2ccc3ncccc3c2)C[C@H]1O. The summed E-state index contributed by atoms with van der Waals surface area (Å²) in [6, 6.07) is 8.99. The molecule has 2 atom stereocenters. The number of carbonyl (C=O) groups is 2. The number of β-amino-alcohol motifs (C(OH)–C–C–N with tert-alkyl or cyclic N) is 1. The number of carbonyl (C=O) groups excluding carboxylic acids is 1. The van der Waals surface area contributed by atoms with E-state index in [0.29, 0.717) is 24.9 Å². The predicted molar refractivity (Wildman–Crippen MR) is 93.2 cm³/mol. The molecule has 1 aromatic heterocycles. The Balaban J connectivity index is 1.81. The first-order chi connectivity index (χ1) is 12.0. The highest BCUT2D eigenvalue weighted by atomic mass is 16.4. The Bertz CT molecular complexity index is 807. The molecule has 6 nitrogen and oxygen atoms in total. The molecule has 6 heteroatoms. The number of aliphatic carboxylic acids is 1. The number of aliphatic hydroxyl groups excluding tert-OH is 1. The third kappa shape index (κ3) is 3.09. The molecule has 3 rings (SSSR count). The van der Waals surface area contributed by atoms with Crippen LogP contribution in [0.4, 0.5) is 0 Å². The molecule has 2 N–H and O–H groups in total. The van der Waals surface area contributed by atoms with Crippen LogP contribution in [-0.2, 0) is 4.79 Å². The van der Waals surface area contributed by atoms with Gasteiger partial charge in [0.25, 0.3) is 5.91 Å². The molecular formula is C19H22N2O4. The molecule has 25 heavy (non-hydrogen) atoms. The maximum absolute atomic E-state index is 12.8. The number of piperidine rings is 1. The molecule has 1 aliphatic heterocycles. The number of aliphatic hydroxyl groups is 1. The van der Waals surface area contributed by atoms with Crippen molar-refractivity contribution in [1.29, 1.82) is 0 Å². The number of hydrogen-bond acceptors (Lipinski definition) is 4. The summed E-state index contributed by atoms with van der Waals surface area (Å²) >= 11 is 0. The summed E-state index contributed by atoms with van der Waals surface area (Å²) < 4.78 is 0. The van der Waals surface area contributed by atoms with E-state index in [1.54, 1.807) is 29.3 Å². The van der Waals surface area contributed by atoms with Gasteiger partial charge in [-0.05, 0) is 37.1 Å². The Morgan fingerprint density at radius 3 is 2.84 bits per heavy atom.